The molecule has 0 amide bonds. The maximum Gasteiger partial charge on any atom is 0.251 e. The first-order valence-corrected chi connectivity index (χ1v) is 5.30. The van der Waals surface area contributed by atoms with Crippen molar-refractivity contribution in [2.45, 2.75) is 39.5 Å². The Morgan fingerprint density at radius 1 is 1.07 bits per heavy atom. The molecule has 0 aliphatic rings. The molecular weight excluding hydrogens is 188 g/mol. The molecule has 2 heterocycles. The quantitative estimate of drug-likeness (QED) is 0.754. The van der Waals surface area contributed by atoms with Crippen LogP contribution in [0.3, 0.4) is 0 Å². The Balaban J connectivity index is 2.75. The van der Waals surface area contributed by atoms with E-state index in [1.54, 1.807) is 12.4 Å². The molecule has 0 bridgehead atoms. The minimum atomic E-state index is 0.408. The Kier molecular flexibility index (Phi) is 2.42. The Morgan fingerprint density at radius 3 is 2.40 bits per heavy atom. The van der Waals surface area contributed by atoms with Crippen LogP contribution in [0.15, 0.2) is 12.4 Å². The molecule has 0 fully saturated rings. The van der Waals surface area contributed by atoms with Crippen LogP contribution in [0.25, 0.3) is 5.78 Å². The zero-order chi connectivity index (χ0) is 11.0. The molecular formula is C11H16N4. The highest BCUT2D eigenvalue weighted by Gasteiger charge is 2.18. The largest absolute Gasteiger partial charge is 0.251 e. The number of aromatic nitrogens is 4. The van der Waals surface area contributed by atoms with Gasteiger partial charge in [0.05, 0.1) is 23.8 Å². The van der Waals surface area contributed by atoms with Gasteiger partial charge in [-0.15, -0.1) is 0 Å². The SMILES string of the molecule is CC(C)c1nc2nccnn2c1C(C)C. The van der Waals surface area contributed by atoms with Crippen molar-refractivity contribution < 1.29 is 0 Å². The van der Waals surface area contributed by atoms with Gasteiger partial charge in [0.2, 0.25) is 0 Å². The minimum absolute atomic E-state index is 0.408. The molecule has 80 valence electrons. The predicted molar refractivity (Wildman–Crippen MR) is 59.0 cm³/mol. The number of imidazole rings is 1. The van der Waals surface area contributed by atoms with E-state index in [-0.39, 0.29) is 0 Å². The second-order valence-electron chi connectivity index (χ2n) is 4.35. The van der Waals surface area contributed by atoms with E-state index in [1.165, 1.54) is 5.69 Å². The minimum Gasteiger partial charge on any atom is -0.218 e. The predicted octanol–water partition coefficient (Wildman–Crippen LogP) is 2.37. The van der Waals surface area contributed by atoms with Gasteiger partial charge in [-0.1, -0.05) is 27.7 Å². The van der Waals surface area contributed by atoms with Crippen LogP contribution in [0.1, 0.15) is 50.9 Å². The van der Waals surface area contributed by atoms with E-state index in [2.05, 4.69) is 42.8 Å². The van der Waals surface area contributed by atoms with Gasteiger partial charge in [-0.25, -0.2) is 14.5 Å². The fourth-order valence-electron chi connectivity index (χ4n) is 1.79. The molecule has 0 aliphatic carbocycles. The summed E-state index contributed by atoms with van der Waals surface area (Å²) in [5, 5.41) is 4.30. The maximum absolute atomic E-state index is 4.52. The lowest BCUT2D eigenvalue weighted by Crippen LogP contribution is -2.03. The van der Waals surface area contributed by atoms with E-state index in [9.17, 15) is 0 Å². The highest BCUT2D eigenvalue weighted by molar-refractivity contribution is 5.36. The average Bonchev–Trinajstić information content (AvgIpc) is 2.56. The zero-order valence-electron chi connectivity index (χ0n) is 9.60. The molecule has 0 spiro atoms. The summed E-state index contributed by atoms with van der Waals surface area (Å²) < 4.78 is 1.85. The first kappa shape index (κ1) is 10.1. The van der Waals surface area contributed by atoms with Crippen LogP contribution in [-0.4, -0.2) is 19.6 Å². The third-order valence-corrected chi connectivity index (χ3v) is 2.43. The zero-order valence-corrected chi connectivity index (χ0v) is 9.60. The number of fused-ring (bicyclic) bond motifs is 1. The molecule has 2 aromatic rings. The van der Waals surface area contributed by atoms with E-state index in [4.69, 9.17) is 0 Å². The number of hydrogen-bond donors (Lipinski definition) is 0. The van der Waals surface area contributed by atoms with Crippen molar-refractivity contribution in [3.05, 3.63) is 23.8 Å². The lowest BCUT2D eigenvalue weighted by atomic mass is 10.0. The molecule has 0 saturated carbocycles. The first-order valence-electron chi connectivity index (χ1n) is 5.30. The van der Waals surface area contributed by atoms with E-state index in [0.29, 0.717) is 17.6 Å². The lowest BCUT2D eigenvalue weighted by Gasteiger charge is -2.08. The van der Waals surface area contributed by atoms with Crippen molar-refractivity contribution in [1.29, 1.82) is 0 Å². The van der Waals surface area contributed by atoms with Crippen molar-refractivity contribution >= 4 is 5.78 Å². The lowest BCUT2D eigenvalue weighted by molar-refractivity contribution is 0.715. The fraction of sp³-hybridized carbons (Fsp3) is 0.545. The van der Waals surface area contributed by atoms with Crippen LogP contribution in [0, 0.1) is 0 Å². The first-order chi connectivity index (χ1) is 7.11. The van der Waals surface area contributed by atoms with Crippen molar-refractivity contribution in [3.8, 4) is 0 Å². The summed E-state index contributed by atoms with van der Waals surface area (Å²) in [4.78, 5) is 8.74. The van der Waals surface area contributed by atoms with Gasteiger partial charge < -0.3 is 0 Å². The smallest absolute Gasteiger partial charge is 0.218 e. The Labute approximate surface area is 89.4 Å². The van der Waals surface area contributed by atoms with E-state index < -0.39 is 0 Å². The summed E-state index contributed by atoms with van der Waals surface area (Å²) in [5.74, 6) is 1.52. The molecule has 0 radical (unpaired) electrons. The second kappa shape index (κ2) is 3.61. The molecule has 2 rings (SSSR count). The van der Waals surface area contributed by atoms with E-state index >= 15 is 0 Å². The number of rotatable bonds is 2. The third-order valence-electron chi connectivity index (χ3n) is 2.43. The summed E-state index contributed by atoms with van der Waals surface area (Å²) in [6, 6.07) is 0. The highest BCUT2D eigenvalue weighted by Crippen LogP contribution is 2.25. The highest BCUT2D eigenvalue weighted by atomic mass is 15.3. The van der Waals surface area contributed by atoms with Gasteiger partial charge in [0, 0.05) is 0 Å². The Bertz CT molecular complexity index is 470. The molecule has 4 heteroatoms. The van der Waals surface area contributed by atoms with Crippen LogP contribution >= 0.6 is 0 Å². The molecule has 2 aromatic heterocycles. The maximum atomic E-state index is 4.52. The van der Waals surface area contributed by atoms with Crippen molar-refractivity contribution in [2.24, 2.45) is 0 Å². The van der Waals surface area contributed by atoms with Gasteiger partial charge in [0.1, 0.15) is 0 Å². The molecule has 0 N–H and O–H groups in total. The van der Waals surface area contributed by atoms with Crippen LogP contribution in [-0.2, 0) is 0 Å². The van der Waals surface area contributed by atoms with Crippen LogP contribution in [0.5, 0.6) is 0 Å². The average molecular weight is 204 g/mol. The molecule has 0 saturated heterocycles. The van der Waals surface area contributed by atoms with Gasteiger partial charge in [0.25, 0.3) is 5.78 Å². The van der Waals surface area contributed by atoms with Crippen LogP contribution in [0.2, 0.25) is 0 Å². The summed E-state index contributed by atoms with van der Waals surface area (Å²) >= 11 is 0. The van der Waals surface area contributed by atoms with Crippen molar-refractivity contribution in [1.82, 2.24) is 19.6 Å². The monoisotopic (exact) mass is 204 g/mol. The standard InChI is InChI=1S/C11H16N4/c1-7(2)9-10(8(3)4)15-11(14-9)12-5-6-13-15/h5-8H,1-4H3. The second-order valence-corrected chi connectivity index (χ2v) is 4.35. The van der Waals surface area contributed by atoms with Crippen molar-refractivity contribution in [3.63, 3.8) is 0 Å². The summed E-state index contributed by atoms with van der Waals surface area (Å²) in [7, 11) is 0. The fourth-order valence-corrected chi connectivity index (χ4v) is 1.79. The molecule has 0 aliphatic heterocycles. The van der Waals surface area contributed by atoms with E-state index in [1.807, 2.05) is 4.52 Å². The number of hydrogen-bond acceptors (Lipinski definition) is 3. The normalized spacial score (nSPS) is 11.9. The van der Waals surface area contributed by atoms with Gasteiger partial charge in [0.15, 0.2) is 0 Å². The molecule has 0 atom stereocenters. The summed E-state index contributed by atoms with van der Waals surface area (Å²) in [6.07, 6.45) is 3.38. The van der Waals surface area contributed by atoms with Crippen LogP contribution in [0.4, 0.5) is 0 Å². The van der Waals surface area contributed by atoms with Gasteiger partial charge in [-0.3, -0.25) is 0 Å². The van der Waals surface area contributed by atoms with Crippen molar-refractivity contribution in [2.75, 3.05) is 0 Å². The molecule has 4 nitrogen and oxygen atoms in total. The number of nitrogens with zero attached hydrogens (tertiary/aromatic N) is 4. The van der Waals surface area contributed by atoms with Gasteiger partial charge >= 0.3 is 0 Å². The molecule has 0 unspecified atom stereocenters. The van der Waals surface area contributed by atoms with Gasteiger partial charge in [-0.2, -0.15) is 5.10 Å². The third kappa shape index (κ3) is 1.60. The summed E-state index contributed by atoms with van der Waals surface area (Å²) in [5.41, 5.74) is 2.28. The van der Waals surface area contributed by atoms with E-state index in [0.717, 1.165) is 5.69 Å². The molecule has 15 heavy (non-hydrogen) atoms. The van der Waals surface area contributed by atoms with Gasteiger partial charge in [-0.05, 0) is 11.8 Å². The van der Waals surface area contributed by atoms with Crippen LogP contribution < -0.4 is 0 Å². The topological polar surface area (TPSA) is 43.1 Å². The Hall–Kier alpha value is -1.45. The Morgan fingerprint density at radius 2 is 1.80 bits per heavy atom. The molecule has 0 aromatic carbocycles. The summed E-state index contributed by atoms with van der Waals surface area (Å²) in [6.45, 7) is 8.61.